The molecule has 2 amide bonds. The normalized spacial score (nSPS) is 11.9. The van der Waals surface area contributed by atoms with Crippen molar-refractivity contribution in [2.45, 2.75) is 19.4 Å². The summed E-state index contributed by atoms with van der Waals surface area (Å²) in [6.45, 7) is 2.16. The molecule has 0 saturated heterocycles. The zero-order valence-corrected chi connectivity index (χ0v) is 11.2. The lowest BCUT2D eigenvalue weighted by molar-refractivity contribution is 0.156. The molecule has 0 spiro atoms. The number of aliphatic hydroxyl groups excluding tert-OH is 2. The van der Waals surface area contributed by atoms with E-state index in [1.807, 2.05) is 37.3 Å². The number of nitrogens with zero attached hydrogens (tertiary/aromatic N) is 1. The third-order valence-corrected chi connectivity index (χ3v) is 2.78. The summed E-state index contributed by atoms with van der Waals surface area (Å²) >= 11 is 0. The van der Waals surface area contributed by atoms with Crippen LogP contribution in [0.1, 0.15) is 12.5 Å². The molecule has 0 aromatic heterocycles. The Hall–Kier alpha value is -1.59. The predicted octanol–water partition coefficient (Wildman–Crippen LogP) is 0.614. The Kier molecular flexibility index (Phi) is 6.92. The highest BCUT2D eigenvalue weighted by Crippen LogP contribution is 2.03. The van der Waals surface area contributed by atoms with Gasteiger partial charge in [-0.05, 0) is 18.9 Å². The lowest BCUT2D eigenvalue weighted by Crippen LogP contribution is -2.46. The molecular formula is C14H22N2O3. The van der Waals surface area contributed by atoms with Crippen LogP contribution in [0.15, 0.2) is 30.3 Å². The lowest BCUT2D eigenvalue weighted by Gasteiger charge is -2.24. The Morgan fingerprint density at radius 1 is 1.21 bits per heavy atom. The van der Waals surface area contributed by atoms with E-state index in [4.69, 9.17) is 10.2 Å². The van der Waals surface area contributed by atoms with E-state index in [9.17, 15) is 4.79 Å². The number of amides is 2. The first kappa shape index (κ1) is 15.5. The standard InChI is InChI=1S/C14H22N2O3/c1-12(11-13-5-3-2-4-6-13)15-14(19)16(7-9-17)8-10-18/h2-6,12,17-18H,7-11H2,1H3,(H,15,19)/t12-/m0/s1. The second kappa shape index (κ2) is 8.50. The highest BCUT2D eigenvalue weighted by Gasteiger charge is 2.14. The Labute approximate surface area is 113 Å². The van der Waals surface area contributed by atoms with Crippen LogP contribution in [0.2, 0.25) is 0 Å². The maximum atomic E-state index is 11.9. The van der Waals surface area contributed by atoms with Gasteiger partial charge in [-0.3, -0.25) is 0 Å². The molecule has 0 heterocycles. The quantitative estimate of drug-likeness (QED) is 0.677. The van der Waals surface area contributed by atoms with Crippen molar-refractivity contribution < 1.29 is 15.0 Å². The third-order valence-electron chi connectivity index (χ3n) is 2.78. The molecule has 0 saturated carbocycles. The van der Waals surface area contributed by atoms with Crippen LogP contribution in [0.4, 0.5) is 4.79 Å². The van der Waals surface area contributed by atoms with Gasteiger partial charge in [0.25, 0.3) is 0 Å². The summed E-state index contributed by atoms with van der Waals surface area (Å²) in [7, 11) is 0. The molecule has 1 rings (SSSR count). The Balaban J connectivity index is 2.45. The molecule has 19 heavy (non-hydrogen) atoms. The minimum atomic E-state index is -0.258. The SMILES string of the molecule is C[C@@H](Cc1ccccc1)NC(=O)N(CCO)CCO. The number of aliphatic hydroxyl groups is 2. The first-order valence-corrected chi connectivity index (χ1v) is 6.48. The van der Waals surface area contributed by atoms with Crippen LogP contribution in [-0.2, 0) is 6.42 Å². The lowest BCUT2D eigenvalue weighted by atomic mass is 10.1. The molecule has 0 aliphatic rings. The van der Waals surface area contributed by atoms with E-state index >= 15 is 0 Å². The molecule has 1 atom stereocenters. The van der Waals surface area contributed by atoms with Crippen LogP contribution in [0.5, 0.6) is 0 Å². The molecule has 0 aliphatic carbocycles. The summed E-state index contributed by atoms with van der Waals surface area (Å²) in [5.74, 6) is 0. The van der Waals surface area contributed by atoms with Gasteiger partial charge in [0.1, 0.15) is 0 Å². The molecule has 0 unspecified atom stereocenters. The minimum absolute atomic E-state index is 0.00483. The van der Waals surface area contributed by atoms with Gasteiger partial charge in [-0.15, -0.1) is 0 Å². The summed E-state index contributed by atoms with van der Waals surface area (Å²) in [6, 6.07) is 9.66. The van der Waals surface area contributed by atoms with Gasteiger partial charge < -0.3 is 20.4 Å². The van der Waals surface area contributed by atoms with E-state index in [1.54, 1.807) is 0 Å². The summed E-state index contributed by atoms with van der Waals surface area (Å²) in [6.07, 6.45) is 0.749. The molecule has 0 fully saturated rings. The van der Waals surface area contributed by atoms with Crippen LogP contribution in [-0.4, -0.2) is 53.5 Å². The fourth-order valence-corrected chi connectivity index (χ4v) is 1.88. The van der Waals surface area contributed by atoms with Crippen molar-refractivity contribution in [3.8, 4) is 0 Å². The van der Waals surface area contributed by atoms with Gasteiger partial charge in [0.2, 0.25) is 0 Å². The molecule has 1 aromatic rings. The second-order valence-electron chi connectivity index (χ2n) is 4.47. The van der Waals surface area contributed by atoms with Crippen LogP contribution >= 0.6 is 0 Å². The van der Waals surface area contributed by atoms with Crippen LogP contribution in [0, 0.1) is 0 Å². The smallest absolute Gasteiger partial charge is 0.317 e. The topological polar surface area (TPSA) is 72.8 Å². The van der Waals surface area contributed by atoms with Gasteiger partial charge in [0, 0.05) is 19.1 Å². The number of rotatable bonds is 7. The van der Waals surface area contributed by atoms with Crippen molar-refractivity contribution in [1.29, 1.82) is 0 Å². The van der Waals surface area contributed by atoms with Crippen molar-refractivity contribution in [1.82, 2.24) is 10.2 Å². The number of urea groups is 1. The monoisotopic (exact) mass is 266 g/mol. The van der Waals surface area contributed by atoms with Gasteiger partial charge in [0.05, 0.1) is 13.2 Å². The molecule has 0 radical (unpaired) electrons. The van der Waals surface area contributed by atoms with Gasteiger partial charge in [-0.1, -0.05) is 30.3 Å². The predicted molar refractivity (Wildman–Crippen MR) is 73.9 cm³/mol. The van der Waals surface area contributed by atoms with Crippen molar-refractivity contribution in [3.05, 3.63) is 35.9 Å². The van der Waals surface area contributed by atoms with Crippen molar-refractivity contribution in [2.75, 3.05) is 26.3 Å². The fraction of sp³-hybridized carbons (Fsp3) is 0.500. The summed E-state index contributed by atoms with van der Waals surface area (Å²) in [5, 5.41) is 20.6. The van der Waals surface area contributed by atoms with Crippen molar-refractivity contribution in [3.63, 3.8) is 0 Å². The maximum Gasteiger partial charge on any atom is 0.317 e. The second-order valence-corrected chi connectivity index (χ2v) is 4.47. The zero-order valence-electron chi connectivity index (χ0n) is 11.2. The average Bonchev–Trinajstić information content (AvgIpc) is 2.39. The Morgan fingerprint density at radius 2 is 1.79 bits per heavy atom. The molecule has 5 heteroatoms. The van der Waals surface area contributed by atoms with Gasteiger partial charge in [-0.25, -0.2) is 4.79 Å². The maximum absolute atomic E-state index is 11.9. The van der Waals surface area contributed by atoms with Gasteiger partial charge >= 0.3 is 6.03 Å². The molecular weight excluding hydrogens is 244 g/mol. The molecule has 0 aliphatic heterocycles. The van der Waals surface area contributed by atoms with Crippen LogP contribution in [0.25, 0.3) is 0 Å². The molecule has 106 valence electrons. The molecule has 1 aromatic carbocycles. The fourth-order valence-electron chi connectivity index (χ4n) is 1.88. The number of hydrogen-bond donors (Lipinski definition) is 3. The zero-order chi connectivity index (χ0) is 14.1. The first-order valence-electron chi connectivity index (χ1n) is 6.48. The largest absolute Gasteiger partial charge is 0.395 e. The Morgan fingerprint density at radius 3 is 2.32 bits per heavy atom. The number of benzene rings is 1. The average molecular weight is 266 g/mol. The summed E-state index contributed by atoms with van der Waals surface area (Å²) < 4.78 is 0. The highest BCUT2D eigenvalue weighted by molar-refractivity contribution is 5.74. The van der Waals surface area contributed by atoms with E-state index in [1.165, 1.54) is 4.90 Å². The Bertz CT molecular complexity index is 364. The van der Waals surface area contributed by atoms with Crippen LogP contribution < -0.4 is 5.32 Å². The van der Waals surface area contributed by atoms with Crippen LogP contribution in [0.3, 0.4) is 0 Å². The number of carbonyl (C=O) groups excluding carboxylic acids is 1. The van der Waals surface area contributed by atoms with E-state index in [-0.39, 0.29) is 38.4 Å². The third kappa shape index (κ3) is 5.72. The van der Waals surface area contributed by atoms with E-state index in [0.29, 0.717) is 0 Å². The summed E-state index contributed by atoms with van der Waals surface area (Å²) in [5.41, 5.74) is 1.16. The molecule has 3 N–H and O–H groups in total. The summed E-state index contributed by atoms with van der Waals surface area (Å²) in [4.78, 5) is 13.3. The van der Waals surface area contributed by atoms with E-state index in [2.05, 4.69) is 5.32 Å². The highest BCUT2D eigenvalue weighted by atomic mass is 16.3. The van der Waals surface area contributed by atoms with E-state index < -0.39 is 0 Å². The van der Waals surface area contributed by atoms with Crippen molar-refractivity contribution >= 4 is 6.03 Å². The van der Waals surface area contributed by atoms with Gasteiger partial charge in [-0.2, -0.15) is 0 Å². The first-order chi connectivity index (χ1) is 9.17. The minimum Gasteiger partial charge on any atom is -0.395 e. The molecule has 0 bridgehead atoms. The number of hydrogen-bond acceptors (Lipinski definition) is 3. The molecule has 5 nitrogen and oxygen atoms in total. The van der Waals surface area contributed by atoms with Gasteiger partial charge in [0.15, 0.2) is 0 Å². The van der Waals surface area contributed by atoms with Crippen molar-refractivity contribution in [2.24, 2.45) is 0 Å². The number of nitrogens with one attached hydrogen (secondary N) is 1. The number of carbonyl (C=O) groups is 1. The van der Waals surface area contributed by atoms with E-state index in [0.717, 1.165) is 12.0 Å².